The van der Waals surface area contributed by atoms with Gasteiger partial charge in [0.25, 0.3) is 10.2 Å². The third kappa shape index (κ3) is 3.65. The quantitative estimate of drug-likeness (QED) is 0.387. The molecule has 0 atom stereocenters. The van der Waals surface area contributed by atoms with E-state index in [1.54, 1.807) is 13.8 Å². The maximum Gasteiger partial charge on any atom is 0.277 e. The van der Waals surface area contributed by atoms with Gasteiger partial charge in [0.2, 0.25) is 0 Å². The molecule has 0 spiro atoms. The van der Waals surface area contributed by atoms with Gasteiger partial charge in [-0.1, -0.05) is 0 Å². The van der Waals surface area contributed by atoms with Crippen LogP contribution in [-0.4, -0.2) is 31.1 Å². The van der Waals surface area contributed by atoms with Gasteiger partial charge in [-0.05, 0) is 13.8 Å². The Hall–Kier alpha value is -0.660. The first-order valence-electron chi connectivity index (χ1n) is 3.37. The fourth-order valence-electron chi connectivity index (χ4n) is 0.734. The van der Waals surface area contributed by atoms with Crippen LogP contribution in [0.5, 0.6) is 0 Å². The van der Waals surface area contributed by atoms with E-state index in [4.69, 9.17) is 16.3 Å². The summed E-state index contributed by atoms with van der Waals surface area (Å²) in [4.78, 5) is 0. The molecule has 12 heavy (non-hydrogen) atoms. The van der Waals surface area contributed by atoms with E-state index in [-0.39, 0.29) is 18.4 Å². The average molecular weight is 194 g/mol. The second-order valence-electron chi connectivity index (χ2n) is 2.71. The van der Waals surface area contributed by atoms with Gasteiger partial charge in [0.05, 0.1) is 6.54 Å². The molecule has 0 saturated heterocycles. The summed E-state index contributed by atoms with van der Waals surface area (Å²) in [6, 6.07) is -0.288. The Morgan fingerprint density at radius 1 is 1.58 bits per heavy atom. The zero-order chi connectivity index (χ0) is 9.94. The predicted octanol–water partition coefficient (Wildman–Crippen LogP) is -1.16. The second kappa shape index (κ2) is 3.83. The van der Waals surface area contributed by atoms with Crippen molar-refractivity contribution in [2.75, 3.05) is 6.54 Å². The molecule has 7 heteroatoms. The Bertz CT molecular complexity index is 259. The van der Waals surface area contributed by atoms with E-state index in [0.29, 0.717) is 0 Å². The van der Waals surface area contributed by atoms with Gasteiger partial charge < -0.3 is 5.73 Å². The zero-order valence-electron chi connectivity index (χ0n) is 7.11. The molecule has 0 aliphatic carbocycles. The number of rotatable bonds is 4. The van der Waals surface area contributed by atoms with Gasteiger partial charge >= 0.3 is 0 Å². The highest BCUT2D eigenvalue weighted by atomic mass is 32.2. The number of amidine groups is 1. The van der Waals surface area contributed by atoms with Crippen LogP contribution in [0.15, 0.2) is 0 Å². The highest BCUT2D eigenvalue weighted by Gasteiger charge is 2.20. The lowest BCUT2D eigenvalue weighted by Gasteiger charge is -2.22. The molecule has 0 saturated carbocycles. The molecular formula is C5H14N4O2S. The Balaban J connectivity index is 4.58. The lowest BCUT2D eigenvalue weighted by molar-refractivity contribution is 0.390. The summed E-state index contributed by atoms with van der Waals surface area (Å²) in [5.41, 5.74) is 5.05. The molecule has 0 aromatic carbocycles. The standard InChI is InChI=1S/C5H14N4O2S/c1-4(2)9(3-5(6)7)12(8,10)11/h4H,3H2,1-2H3,(H3,6,7)(H2,8,10,11). The van der Waals surface area contributed by atoms with Crippen LogP contribution < -0.4 is 10.9 Å². The van der Waals surface area contributed by atoms with E-state index < -0.39 is 10.2 Å². The third-order valence-electron chi connectivity index (χ3n) is 1.23. The number of nitrogens with zero attached hydrogens (tertiary/aromatic N) is 1. The fourth-order valence-corrected chi connectivity index (χ4v) is 1.64. The van der Waals surface area contributed by atoms with Gasteiger partial charge in [-0.15, -0.1) is 0 Å². The first kappa shape index (κ1) is 11.3. The summed E-state index contributed by atoms with van der Waals surface area (Å²) in [6.45, 7) is 3.16. The van der Waals surface area contributed by atoms with Crippen LogP contribution in [0.2, 0.25) is 0 Å². The van der Waals surface area contributed by atoms with Crippen molar-refractivity contribution in [2.45, 2.75) is 19.9 Å². The summed E-state index contributed by atoms with van der Waals surface area (Å²) < 4.78 is 22.7. The Labute approximate surface area is 72.2 Å². The Morgan fingerprint density at radius 2 is 2.00 bits per heavy atom. The summed E-state index contributed by atoms with van der Waals surface area (Å²) in [6.07, 6.45) is 0. The van der Waals surface area contributed by atoms with Gasteiger partial charge in [0.1, 0.15) is 5.84 Å². The molecule has 0 amide bonds. The van der Waals surface area contributed by atoms with Crippen molar-refractivity contribution in [3.63, 3.8) is 0 Å². The minimum absolute atomic E-state index is 0.156. The first-order valence-corrected chi connectivity index (χ1v) is 4.88. The molecule has 0 aromatic heterocycles. The van der Waals surface area contributed by atoms with Gasteiger partial charge in [-0.25, -0.2) is 5.14 Å². The average Bonchev–Trinajstić information content (AvgIpc) is 1.79. The van der Waals surface area contributed by atoms with Gasteiger partial charge in [-0.2, -0.15) is 12.7 Å². The van der Waals surface area contributed by atoms with E-state index in [0.717, 1.165) is 4.31 Å². The number of nitrogens with one attached hydrogen (secondary N) is 1. The van der Waals surface area contributed by atoms with Crippen LogP contribution in [0.3, 0.4) is 0 Å². The van der Waals surface area contributed by atoms with Crippen LogP contribution in [0, 0.1) is 5.41 Å². The van der Waals surface area contributed by atoms with Crippen molar-refractivity contribution in [3.05, 3.63) is 0 Å². The Kier molecular flexibility index (Phi) is 3.62. The van der Waals surface area contributed by atoms with E-state index in [2.05, 4.69) is 0 Å². The molecule has 0 heterocycles. The maximum atomic E-state index is 10.9. The van der Waals surface area contributed by atoms with Gasteiger partial charge in [0.15, 0.2) is 0 Å². The van der Waals surface area contributed by atoms with Crippen molar-refractivity contribution in [2.24, 2.45) is 10.9 Å². The SMILES string of the molecule is CC(C)N(CC(=N)N)S(N)(=O)=O. The van der Waals surface area contributed by atoms with Gasteiger partial charge in [0, 0.05) is 6.04 Å². The molecule has 0 rings (SSSR count). The monoisotopic (exact) mass is 194 g/mol. The predicted molar refractivity (Wildman–Crippen MR) is 46.9 cm³/mol. The van der Waals surface area contributed by atoms with Crippen LogP contribution in [0.1, 0.15) is 13.8 Å². The molecular weight excluding hydrogens is 180 g/mol. The smallest absolute Gasteiger partial charge is 0.277 e. The lowest BCUT2D eigenvalue weighted by atomic mass is 10.4. The zero-order valence-corrected chi connectivity index (χ0v) is 7.93. The van der Waals surface area contributed by atoms with Gasteiger partial charge in [-0.3, -0.25) is 5.41 Å². The van der Waals surface area contributed by atoms with E-state index in [1.807, 2.05) is 0 Å². The van der Waals surface area contributed by atoms with Crippen molar-refractivity contribution >= 4 is 16.0 Å². The van der Waals surface area contributed by atoms with Crippen LogP contribution in [0.4, 0.5) is 0 Å². The number of hydrogen-bond acceptors (Lipinski definition) is 3. The van der Waals surface area contributed by atoms with Crippen molar-refractivity contribution in [1.82, 2.24) is 4.31 Å². The third-order valence-corrected chi connectivity index (χ3v) is 2.43. The van der Waals surface area contributed by atoms with E-state index in [9.17, 15) is 8.42 Å². The topological polar surface area (TPSA) is 113 Å². The normalized spacial score (nSPS) is 12.4. The van der Waals surface area contributed by atoms with Crippen LogP contribution in [-0.2, 0) is 10.2 Å². The number of hydrogen-bond donors (Lipinski definition) is 3. The van der Waals surface area contributed by atoms with Crippen LogP contribution in [0.25, 0.3) is 0 Å². The molecule has 6 nitrogen and oxygen atoms in total. The summed E-state index contributed by atoms with van der Waals surface area (Å²) in [7, 11) is -3.75. The highest BCUT2D eigenvalue weighted by Crippen LogP contribution is 2.00. The van der Waals surface area contributed by atoms with Crippen molar-refractivity contribution in [3.8, 4) is 0 Å². The highest BCUT2D eigenvalue weighted by molar-refractivity contribution is 7.86. The number of nitrogens with two attached hydrogens (primary N) is 2. The largest absolute Gasteiger partial charge is 0.387 e. The molecule has 5 N–H and O–H groups in total. The van der Waals surface area contributed by atoms with Crippen molar-refractivity contribution in [1.29, 1.82) is 5.41 Å². The maximum absolute atomic E-state index is 10.9. The first-order chi connectivity index (χ1) is 5.25. The molecule has 0 aromatic rings. The fraction of sp³-hybridized carbons (Fsp3) is 0.800. The second-order valence-corrected chi connectivity index (χ2v) is 4.21. The van der Waals surface area contributed by atoms with Crippen molar-refractivity contribution < 1.29 is 8.42 Å². The lowest BCUT2D eigenvalue weighted by Crippen LogP contribution is -2.45. The summed E-state index contributed by atoms with van der Waals surface area (Å²) in [5, 5.41) is 11.8. The van der Waals surface area contributed by atoms with E-state index >= 15 is 0 Å². The molecule has 0 aliphatic rings. The van der Waals surface area contributed by atoms with E-state index in [1.165, 1.54) is 0 Å². The molecule has 0 aliphatic heterocycles. The minimum Gasteiger partial charge on any atom is -0.387 e. The minimum atomic E-state index is -3.75. The molecule has 0 radical (unpaired) electrons. The van der Waals surface area contributed by atoms with Crippen LogP contribution >= 0.6 is 0 Å². The molecule has 0 unspecified atom stereocenters. The molecule has 0 bridgehead atoms. The molecule has 0 fully saturated rings. The summed E-state index contributed by atoms with van der Waals surface area (Å²) in [5.74, 6) is -0.224. The summed E-state index contributed by atoms with van der Waals surface area (Å²) >= 11 is 0. The Morgan fingerprint density at radius 3 is 2.08 bits per heavy atom. The molecule has 72 valence electrons.